The Kier molecular flexibility index (Phi) is 2.33. The molecule has 0 atom stereocenters. The summed E-state index contributed by atoms with van der Waals surface area (Å²) >= 11 is 1.42. The smallest absolute Gasteiger partial charge is 0.0361 e. The van der Waals surface area contributed by atoms with Gasteiger partial charge in [0.25, 0.3) is 0 Å². The first-order valence-corrected chi connectivity index (χ1v) is 3.45. The molecule has 9 heavy (non-hydrogen) atoms. The molecule has 0 radical (unpaired) electrons. The summed E-state index contributed by atoms with van der Waals surface area (Å²) in [7, 11) is 0. The number of nitrogens with zero attached hydrogens (tertiary/aromatic N) is 1. The molecule has 1 heterocycles. The maximum atomic E-state index is 3.95. The first-order chi connectivity index (χ1) is 4.43. The summed E-state index contributed by atoms with van der Waals surface area (Å²) in [5.74, 6) is 0. The zero-order valence-corrected chi connectivity index (χ0v) is 5.77. The molecule has 0 aliphatic carbocycles. The molecular formula is C7H7NS. The lowest BCUT2D eigenvalue weighted by atomic mass is 10.2. The lowest BCUT2D eigenvalue weighted by molar-refractivity contribution is 1.77. The second-order valence-corrected chi connectivity index (χ2v) is 2.23. The van der Waals surface area contributed by atoms with Crippen molar-refractivity contribution in [2.24, 2.45) is 4.40 Å². The third-order valence-corrected chi connectivity index (χ3v) is 1.45. The molecule has 0 saturated carbocycles. The van der Waals surface area contributed by atoms with Crippen LogP contribution < -0.4 is 0 Å². The van der Waals surface area contributed by atoms with Gasteiger partial charge >= 0.3 is 0 Å². The van der Waals surface area contributed by atoms with Crippen LogP contribution in [0.25, 0.3) is 0 Å². The van der Waals surface area contributed by atoms with Crippen LogP contribution >= 0.6 is 11.9 Å². The average molecular weight is 137 g/mol. The Morgan fingerprint density at radius 2 is 2.56 bits per heavy atom. The molecule has 46 valence electrons. The Labute approximate surface area is 59.0 Å². The summed E-state index contributed by atoms with van der Waals surface area (Å²) in [6.45, 7) is 3.64. The van der Waals surface area contributed by atoms with E-state index >= 15 is 0 Å². The van der Waals surface area contributed by atoms with Crippen LogP contribution in [0.3, 0.4) is 0 Å². The van der Waals surface area contributed by atoms with E-state index in [1.165, 1.54) is 11.9 Å². The first kappa shape index (κ1) is 6.36. The molecule has 1 rings (SSSR count). The number of hydrogen-bond donors (Lipinski definition) is 0. The zero-order valence-electron chi connectivity index (χ0n) is 4.95. The summed E-state index contributed by atoms with van der Waals surface area (Å²) in [5.41, 5.74) is 1.10. The van der Waals surface area contributed by atoms with E-state index in [0.29, 0.717) is 0 Å². The second kappa shape index (κ2) is 3.30. The number of hydrogen-bond acceptors (Lipinski definition) is 2. The molecule has 1 aliphatic rings. The van der Waals surface area contributed by atoms with Gasteiger partial charge in [0.2, 0.25) is 0 Å². The molecule has 0 fully saturated rings. The molecule has 1 nitrogen and oxygen atoms in total. The van der Waals surface area contributed by atoms with E-state index in [1.807, 2.05) is 17.6 Å². The van der Waals surface area contributed by atoms with E-state index in [4.69, 9.17) is 0 Å². The van der Waals surface area contributed by atoms with Crippen LogP contribution in [0.4, 0.5) is 0 Å². The average Bonchev–Trinajstić information content (AvgIpc) is 2.13. The molecule has 0 amide bonds. The van der Waals surface area contributed by atoms with Crippen LogP contribution in [0.1, 0.15) is 0 Å². The highest BCUT2D eigenvalue weighted by molar-refractivity contribution is 8.01. The van der Waals surface area contributed by atoms with Gasteiger partial charge in [0.15, 0.2) is 0 Å². The highest BCUT2D eigenvalue weighted by Crippen LogP contribution is 2.09. The van der Waals surface area contributed by atoms with Crippen molar-refractivity contribution in [3.05, 3.63) is 35.8 Å². The van der Waals surface area contributed by atoms with Crippen LogP contribution in [0.2, 0.25) is 0 Å². The topological polar surface area (TPSA) is 12.4 Å². The highest BCUT2D eigenvalue weighted by atomic mass is 32.2. The summed E-state index contributed by atoms with van der Waals surface area (Å²) in [4.78, 5) is 0. The second-order valence-electron chi connectivity index (χ2n) is 1.53. The summed E-state index contributed by atoms with van der Waals surface area (Å²) in [6, 6.07) is 0. The van der Waals surface area contributed by atoms with Gasteiger partial charge in [-0.2, -0.15) is 0 Å². The van der Waals surface area contributed by atoms with Crippen molar-refractivity contribution in [3.8, 4) is 0 Å². The molecule has 0 spiro atoms. The Balaban J connectivity index is 2.78. The Hall–Kier alpha value is -0.760. The van der Waals surface area contributed by atoms with Crippen LogP contribution in [-0.4, -0.2) is 6.21 Å². The maximum absolute atomic E-state index is 3.95. The minimum absolute atomic E-state index is 1.10. The van der Waals surface area contributed by atoms with Gasteiger partial charge in [-0.15, -0.1) is 0 Å². The van der Waals surface area contributed by atoms with E-state index in [0.717, 1.165) is 5.57 Å². The van der Waals surface area contributed by atoms with Crippen molar-refractivity contribution in [1.29, 1.82) is 0 Å². The lowest BCUT2D eigenvalue weighted by Gasteiger charge is -1.82. The predicted molar refractivity (Wildman–Crippen MR) is 43.5 cm³/mol. The van der Waals surface area contributed by atoms with E-state index in [2.05, 4.69) is 11.0 Å². The normalized spacial score (nSPS) is 16.7. The van der Waals surface area contributed by atoms with Crippen LogP contribution in [-0.2, 0) is 0 Å². The van der Waals surface area contributed by atoms with Crippen molar-refractivity contribution in [2.45, 2.75) is 0 Å². The minimum Gasteiger partial charge on any atom is -0.220 e. The fourth-order valence-electron chi connectivity index (χ4n) is 0.487. The van der Waals surface area contributed by atoms with Gasteiger partial charge in [0.1, 0.15) is 0 Å². The highest BCUT2D eigenvalue weighted by Gasteiger charge is 1.84. The van der Waals surface area contributed by atoms with Crippen molar-refractivity contribution < 1.29 is 0 Å². The largest absolute Gasteiger partial charge is 0.220 e. The fourth-order valence-corrected chi connectivity index (χ4v) is 0.907. The predicted octanol–water partition coefficient (Wildman–Crippen LogP) is 2.35. The van der Waals surface area contributed by atoms with Gasteiger partial charge in [-0.1, -0.05) is 12.7 Å². The van der Waals surface area contributed by atoms with Crippen molar-refractivity contribution in [2.75, 3.05) is 0 Å². The summed E-state index contributed by atoms with van der Waals surface area (Å²) in [6.07, 6.45) is 7.46. The minimum atomic E-state index is 1.10. The molecule has 0 aromatic rings. The van der Waals surface area contributed by atoms with Crippen LogP contribution in [0.15, 0.2) is 40.2 Å². The fraction of sp³-hybridized carbons (Fsp3) is 0. The molecule has 0 bridgehead atoms. The van der Waals surface area contributed by atoms with E-state index in [9.17, 15) is 0 Å². The quantitative estimate of drug-likeness (QED) is 0.505. The van der Waals surface area contributed by atoms with Crippen molar-refractivity contribution in [3.63, 3.8) is 0 Å². The maximum Gasteiger partial charge on any atom is 0.0361 e. The van der Waals surface area contributed by atoms with Crippen LogP contribution in [0, 0.1) is 0 Å². The molecule has 0 aromatic carbocycles. The first-order valence-electron chi connectivity index (χ1n) is 2.62. The summed E-state index contributed by atoms with van der Waals surface area (Å²) in [5, 5.41) is 1.93. The summed E-state index contributed by atoms with van der Waals surface area (Å²) < 4.78 is 3.95. The number of rotatable bonds is 1. The van der Waals surface area contributed by atoms with Gasteiger partial charge in [0.05, 0.1) is 0 Å². The van der Waals surface area contributed by atoms with E-state index in [1.54, 1.807) is 12.3 Å². The third kappa shape index (κ3) is 1.90. The molecule has 0 N–H and O–H groups in total. The standard InChI is InChI=1S/C7H7NS/c1-2-7-3-5-8-9-6-4-7/h2-6H,1H2. The Morgan fingerprint density at radius 1 is 1.67 bits per heavy atom. The van der Waals surface area contributed by atoms with E-state index < -0.39 is 0 Å². The van der Waals surface area contributed by atoms with Crippen LogP contribution in [0.5, 0.6) is 0 Å². The van der Waals surface area contributed by atoms with Gasteiger partial charge in [-0.3, -0.25) is 0 Å². The Morgan fingerprint density at radius 3 is 3.33 bits per heavy atom. The third-order valence-electron chi connectivity index (χ3n) is 0.946. The van der Waals surface area contributed by atoms with Crippen molar-refractivity contribution >= 4 is 18.2 Å². The monoisotopic (exact) mass is 137 g/mol. The molecule has 0 aromatic heterocycles. The number of allylic oxidation sites excluding steroid dienone is 4. The van der Waals surface area contributed by atoms with Gasteiger partial charge in [0, 0.05) is 18.2 Å². The van der Waals surface area contributed by atoms with Crippen molar-refractivity contribution in [1.82, 2.24) is 0 Å². The SMILES string of the molecule is C=CC1=CC=NSC=C1. The molecule has 1 aliphatic heterocycles. The molecule has 0 unspecified atom stereocenters. The molecule has 2 heteroatoms. The molecule has 0 saturated heterocycles. The van der Waals surface area contributed by atoms with E-state index in [-0.39, 0.29) is 0 Å². The Bertz CT molecular complexity index is 189. The molecular weight excluding hydrogens is 130 g/mol. The van der Waals surface area contributed by atoms with Gasteiger partial charge < -0.3 is 0 Å². The van der Waals surface area contributed by atoms with Gasteiger partial charge in [-0.05, 0) is 23.1 Å². The lowest BCUT2D eigenvalue weighted by Crippen LogP contribution is -1.67. The zero-order chi connectivity index (χ0) is 6.53. The van der Waals surface area contributed by atoms with Gasteiger partial charge in [-0.25, -0.2) is 4.40 Å².